The van der Waals surface area contributed by atoms with Crippen molar-refractivity contribution in [2.75, 3.05) is 39.9 Å². The van der Waals surface area contributed by atoms with Crippen LogP contribution < -0.4 is 5.32 Å². The molecule has 1 saturated heterocycles. The molecule has 1 spiro atoms. The Morgan fingerprint density at radius 2 is 1.95 bits per heavy atom. The van der Waals surface area contributed by atoms with Crippen LogP contribution in [0.2, 0.25) is 0 Å². The molecule has 7 heteroatoms. The van der Waals surface area contributed by atoms with E-state index in [1.165, 1.54) is 38.5 Å². The average molecular weight is 321 g/mol. The second-order valence-electron chi connectivity index (χ2n) is 6.37. The van der Waals surface area contributed by atoms with Gasteiger partial charge in [0, 0.05) is 26.7 Å². The van der Waals surface area contributed by atoms with Crippen molar-refractivity contribution in [2.24, 2.45) is 10.4 Å². The smallest absolute Gasteiger partial charge is 0.370 e. The minimum atomic E-state index is -4.26. The highest BCUT2D eigenvalue weighted by molar-refractivity contribution is 5.80. The second kappa shape index (κ2) is 7.53. The Morgan fingerprint density at radius 1 is 1.23 bits per heavy atom. The highest BCUT2D eigenvalue weighted by Crippen LogP contribution is 2.43. The first-order valence-corrected chi connectivity index (χ1v) is 8.04. The number of nitrogens with zero attached hydrogens (tertiary/aromatic N) is 2. The zero-order valence-electron chi connectivity index (χ0n) is 13.2. The molecule has 0 aromatic carbocycles. The summed E-state index contributed by atoms with van der Waals surface area (Å²) in [7, 11) is 1.71. The topological polar surface area (TPSA) is 36.9 Å². The van der Waals surface area contributed by atoms with Gasteiger partial charge in [-0.3, -0.25) is 4.99 Å². The summed E-state index contributed by atoms with van der Waals surface area (Å²) in [5.41, 5.74) is 0.433. The molecule has 0 amide bonds. The molecule has 0 radical (unpaired) electrons. The van der Waals surface area contributed by atoms with Gasteiger partial charge in [0.05, 0.1) is 6.61 Å². The molecule has 2 rings (SSSR count). The Hall–Kier alpha value is -0.980. The van der Waals surface area contributed by atoms with E-state index >= 15 is 0 Å². The first kappa shape index (κ1) is 17.4. The maximum absolute atomic E-state index is 12.0. The molecule has 1 saturated carbocycles. The fraction of sp³-hybridized carbons (Fsp3) is 0.933. The van der Waals surface area contributed by atoms with Crippen LogP contribution in [0.5, 0.6) is 0 Å². The third-order valence-electron chi connectivity index (χ3n) is 4.66. The Kier molecular flexibility index (Phi) is 5.94. The van der Waals surface area contributed by atoms with Crippen LogP contribution in [0.15, 0.2) is 4.99 Å². The molecule has 2 fully saturated rings. The normalized spacial score (nSPS) is 22.4. The minimum Gasteiger partial charge on any atom is -0.370 e. The number of hydrogen-bond acceptors (Lipinski definition) is 2. The summed E-state index contributed by atoms with van der Waals surface area (Å²) < 4.78 is 40.5. The van der Waals surface area contributed by atoms with Crippen molar-refractivity contribution in [1.29, 1.82) is 0 Å². The summed E-state index contributed by atoms with van der Waals surface area (Å²) in [5, 5.41) is 3.10. The zero-order valence-corrected chi connectivity index (χ0v) is 13.2. The Morgan fingerprint density at radius 3 is 2.59 bits per heavy atom. The molecule has 0 aromatic rings. The fourth-order valence-electron chi connectivity index (χ4n) is 3.58. The van der Waals surface area contributed by atoms with Gasteiger partial charge in [-0.25, -0.2) is 0 Å². The molecule has 1 aliphatic carbocycles. The van der Waals surface area contributed by atoms with Crippen molar-refractivity contribution in [3.8, 4) is 0 Å². The molecule has 1 N–H and O–H groups in total. The van der Waals surface area contributed by atoms with Gasteiger partial charge in [0.1, 0.15) is 6.61 Å². The fourth-order valence-corrected chi connectivity index (χ4v) is 3.58. The lowest BCUT2D eigenvalue weighted by Crippen LogP contribution is -2.42. The van der Waals surface area contributed by atoms with Gasteiger partial charge < -0.3 is 15.0 Å². The SMILES string of the molecule is CN=C(NCCOCC(F)(F)F)N1CCC2(CCCCC2)C1. The molecule has 0 atom stereocenters. The average Bonchev–Trinajstić information content (AvgIpc) is 2.86. The van der Waals surface area contributed by atoms with Gasteiger partial charge in [0.2, 0.25) is 0 Å². The van der Waals surface area contributed by atoms with E-state index in [2.05, 4.69) is 19.9 Å². The number of alkyl halides is 3. The van der Waals surface area contributed by atoms with E-state index in [4.69, 9.17) is 0 Å². The number of nitrogens with one attached hydrogen (secondary N) is 1. The van der Waals surface area contributed by atoms with Crippen molar-refractivity contribution in [3.05, 3.63) is 0 Å². The minimum absolute atomic E-state index is 0.0253. The van der Waals surface area contributed by atoms with Crippen molar-refractivity contribution >= 4 is 5.96 Å². The van der Waals surface area contributed by atoms with E-state index in [1.807, 2.05) is 0 Å². The van der Waals surface area contributed by atoms with Gasteiger partial charge in [-0.2, -0.15) is 13.2 Å². The number of likely N-dealkylation sites (tertiary alicyclic amines) is 1. The number of aliphatic imine (C=N–C) groups is 1. The molecule has 0 aromatic heterocycles. The predicted molar refractivity (Wildman–Crippen MR) is 79.9 cm³/mol. The van der Waals surface area contributed by atoms with Gasteiger partial charge in [-0.05, 0) is 24.7 Å². The molecule has 128 valence electrons. The molecule has 22 heavy (non-hydrogen) atoms. The summed E-state index contributed by atoms with van der Waals surface area (Å²) in [6.45, 7) is 1.16. The third kappa shape index (κ3) is 5.04. The predicted octanol–water partition coefficient (Wildman–Crippen LogP) is 2.80. The highest BCUT2D eigenvalue weighted by Gasteiger charge is 2.39. The number of hydrogen-bond donors (Lipinski definition) is 1. The van der Waals surface area contributed by atoms with Crippen molar-refractivity contribution in [3.63, 3.8) is 0 Å². The van der Waals surface area contributed by atoms with Gasteiger partial charge in [0.25, 0.3) is 0 Å². The van der Waals surface area contributed by atoms with E-state index in [0.717, 1.165) is 19.0 Å². The molecule has 0 bridgehead atoms. The van der Waals surface area contributed by atoms with E-state index < -0.39 is 12.8 Å². The molecule has 2 aliphatic rings. The molecule has 4 nitrogen and oxygen atoms in total. The number of guanidine groups is 1. The standard InChI is InChI=1S/C15H26F3N3O/c1-19-13(20-8-10-22-12-15(16,17)18)21-9-7-14(11-21)5-3-2-4-6-14/h2-12H2,1H3,(H,19,20). The van der Waals surface area contributed by atoms with E-state index in [1.54, 1.807) is 7.05 Å². The molecule has 1 heterocycles. The van der Waals surface area contributed by atoms with Gasteiger partial charge in [0.15, 0.2) is 5.96 Å². The van der Waals surface area contributed by atoms with Crippen molar-refractivity contribution in [1.82, 2.24) is 10.2 Å². The van der Waals surface area contributed by atoms with E-state index in [0.29, 0.717) is 12.0 Å². The van der Waals surface area contributed by atoms with Crippen LogP contribution in [0.25, 0.3) is 0 Å². The van der Waals surface area contributed by atoms with Crippen LogP contribution in [-0.2, 0) is 4.74 Å². The zero-order chi connectivity index (χ0) is 16.1. The Bertz CT molecular complexity index is 379. The Labute approximate surface area is 130 Å². The molecular weight excluding hydrogens is 295 g/mol. The lowest BCUT2D eigenvalue weighted by Gasteiger charge is -2.33. The first-order valence-electron chi connectivity index (χ1n) is 8.04. The van der Waals surface area contributed by atoms with Crippen molar-refractivity contribution in [2.45, 2.75) is 44.7 Å². The van der Waals surface area contributed by atoms with Gasteiger partial charge in [-0.15, -0.1) is 0 Å². The van der Waals surface area contributed by atoms with Crippen LogP contribution in [0.4, 0.5) is 13.2 Å². The highest BCUT2D eigenvalue weighted by atomic mass is 19.4. The summed E-state index contributed by atoms with van der Waals surface area (Å²) in [6.07, 6.45) is 3.47. The van der Waals surface area contributed by atoms with E-state index in [-0.39, 0.29) is 6.61 Å². The monoisotopic (exact) mass is 321 g/mol. The maximum atomic E-state index is 12.0. The summed E-state index contributed by atoms with van der Waals surface area (Å²) in [4.78, 5) is 6.48. The lowest BCUT2D eigenvalue weighted by molar-refractivity contribution is -0.173. The van der Waals surface area contributed by atoms with Gasteiger partial charge >= 0.3 is 6.18 Å². The number of halogens is 3. The molecule has 0 unspecified atom stereocenters. The molecule has 1 aliphatic heterocycles. The van der Waals surface area contributed by atoms with Crippen LogP contribution in [0, 0.1) is 5.41 Å². The van der Waals surface area contributed by atoms with Crippen LogP contribution in [0.3, 0.4) is 0 Å². The summed E-state index contributed by atoms with van der Waals surface area (Å²) in [5.74, 6) is 0.776. The summed E-state index contributed by atoms with van der Waals surface area (Å²) >= 11 is 0. The van der Waals surface area contributed by atoms with Crippen LogP contribution >= 0.6 is 0 Å². The largest absolute Gasteiger partial charge is 0.411 e. The third-order valence-corrected chi connectivity index (χ3v) is 4.66. The number of rotatable bonds is 4. The van der Waals surface area contributed by atoms with Gasteiger partial charge in [-0.1, -0.05) is 19.3 Å². The lowest BCUT2D eigenvalue weighted by atomic mass is 9.73. The Balaban J connectivity index is 1.71. The first-order chi connectivity index (χ1) is 10.4. The summed E-state index contributed by atoms with van der Waals surface area (Å²) in [6, 6.07) is 0. The van der Waals surface area contributed by atoms with Crippen molar-refractivity contribution < 1.29 is 17.9 Å². The maximum Gasteiger partial charge on any atom is 0.411 e. The van der Waals surface area contributed by atoms with Crippen LogP contribution in [-0.4, -0.2) is 56.9 Å². The number of ether oxygens (including phenoxy) is 1. The van der Waals surface area contributed by atoms with E-state index in [9.17, 15) is 13.2 Å². The van der Waals surface area contributed by atoms with Crippen LogP contribution in [0.1, 0.15) is 38.5 Å². The quantitative estimate of drug-likeness (QED) is 0.491. The molecular formula is C15H26F3N3O. The second-order valence-corrected chi connectivity index (χ2v) is 6.37.